The minimum Gasteiger partial charge on any atom is -0.273 e. The highest BCUT2D eigenvalue weighted by Gasteiger charge is 2.14. The predicted octanol–water partition coefficient (Wildman–Crippen LogP) is 3.50. The number of halogens is 1. The minimum atomic E-state index is 0.279. The van der Waals surface area contributed by atoms with Gasteiger partial charge in [-0.1, -0.05) is 38.8 Å². The van der Waals surface area contributed by atoms with Crippen LogP contribution in [0.2, 0.25) is 0 Å². The van der Waals surface area contributed by atoms with Crippen LogP contribution in [0.15, 0.2) is 9.98 Å². The van der Waals surface area contributed by atoms with Crippen LogP contribution in [0.3, 0.4) is 0 Å². The molecule has 0 atom stereocenters. The largest absolute Gasteiger partial charge is 0.273 e. The lowest BCUT2D eigenvalue weighted by Gasteiger charge is -2.20. The summed E-state index contributed by atoms with van der Waals surface area (Å²) in [7, 11) is 0. The van der Waals surface area contributed by atoms with E-state index in [0.29, 0.717) is 5.17 Å². The molecule has 0 heterocycles. The van der Waals surface area contributed by atoms with E-state index in [9.17, 15) is 0 Å². The van der Waals surface area contributed by atoms with Crippen molar-refractivity contribution in [3.8, 4) is 0 Å². The zero-order chi connectivity index (χ0) is 10.3. The van der Waals surface area contributed by atoms with Gasteiger partial charge >= 0.3 is 0 Å². The van der Waals surface area contributed by atoms with Gasteiger partial charge in [0.25, 0.3) is 0 Å². The lowest BCUT2D eigenvalue weighted by atomic mass is 9.88. The highest BCUT2D eigenvalue weighted by Crippen LogP contribution is 2.21. The predicted molar refractivity (Wildman–Crippen MR) is 61.0 cm³/mol. The van der Waals surface area contributed by atoms with E-state index in [-0.39, 0.29) is 5.41 Å². The van der Waals surface area contributed by atoms with Gasteiger partial charge in [0.2, 0.25) is 0 Å². The van der Waals surface area contributed by atoms with Gasteiger partial charge < -0.3 is 0 Å². The Morgan fingerprint density at radius 1 is 1.46 bits per heavy atom. The Morgan fingerprint density at radius 2 is 2.08 bits per heavy atom. The summed E-state index contributed by atoms with van der Waals surface area (Å²) in [6.45, 7) is 9.17. The van der Waals surface area contributed by atoms with E-state index in [1.807, 2.05) is 0 Å². The van der Waals surface area contributed by atoms with E-state index in [0.717, 1.165) is 6.54 Å². The molecule has 0 spiro atoms. The van der Waals surface area contributed by atoms with E-state index in [1.165, 1.54) is 12.8 Å². The van der Waals surface area contributed by atoms with Gasteiger partial charge in [0, 0.05) is 6.54 Å². The third-order valence-corrected chi connectivity index (χ3v) is 1.86. The molecule has 0 rings (SSSR count). The number of hydrogen-bond donors (Lipinski definition) is 0. The van der Waals surface area contributed by atoms with Crippen LogP contribution < -0.4 is 0 Å². The first-order chi connectivity index (χ1) is 5.98. The molecule has 0 aliphatic heterocycles. The van der Waals surface area contributed by atoms with Crippen LogP contribution >= 0.6 is 11.6 Å². The zero-order valence-corrected chi connectivity index (χ0v) is 9.73. The van der Waals surface area contributed by atoms with E-state index >= 15 is 0 Å². The molecular formula is C10H19ClN2. The zero-order valence-electron chi connectivity index (χ0n) is 8.97. The van der Waals surface area contributed by atoms with Crippen LogP contribution in [0.25, 0.3) is 0 Å². The molecule has 0 aromatic rings. The topological polar surface area (TPSA) is 24.7 Å². The highest BCUT2D eigenvalue weighted by molar-refractivity contribution is 6.65. The molecule has 0 unspecified atom stereocenters. The van der Waals surface area contributed by atoms with Crippen molar-refractivity contribution in [3.63, 3.8) is 0 Å². The van der Waals surface area contributed by atoms with Gasteiger partial charge in [-0.15, -0.1) is 0 Å². The van der Waals surface area contributed by atoms with Crippen molar-refractivity contribution >= 4 is 23.1 Å². The second-order valence-electron chi connectivity index (χ2n) is 4.00. The van der Waals surface area contributed by atoms with Crippen molar-refractivity contribution in [1.82, 2.24) is 0 Å². The van der Waals surface area contributed by atoms with Crippen molar-refractivity contribution in [1.29, 1.82) is 0 Å². The molecule has 3 heteroatoms. The van der Waals surface area contributed by atoms with Gasteiger partial charge in [0.15, 0.2) is 0 Å². The Hall–Kier alpha value is -0.370. The normalized spacial score (nSPS) is 14.1. The molecule has 13 heavy (non-hydrogen) atoms. The molecule has 0 aliphatic rings. The first-order valence-electron chi connectivity index (χ1n) is 4.66. The monoisotopic (exact) mass is 202 g/mol. The van der Waals surface area contributed by atoms with Crippen molar-refractivity contribution < 1.29 is 0 Å². The minimum absolute atomic E-state index is 0.279. The summed E-state index contributed by atoms with van der Waals surface area (Å²) in [6.07, 6.45) is 3.92. The maximum absolute atomic E-state index is 5.55. The molecule has 0 aromatic carbocycles. The smallest absolute Gasteiger partial charge is 0.111 e. The molecule has 0 N–H and O–H groups in total. The van der Waals surface area contributed by atoms with Gasteiger partial charge in [0.1, 0.15) is 11.5 Å². The van der Waals surface area contributed by atoms with Crippen LogP contribution in [0, 0.1) is 5.41 Å². The summed E-state index contributed by atoms with van der Waals surface area (Å²) < 4.78 is 0. The summed E-state index contributed by atoms with van der Waals surface area (Å²) in [5, 5.41) is 0.525. The van der Waals surface area contributed by atoms with Crippen LogP contribution in [-0.2, 0) is 0 Å². The first-order valence-corrected chi connectivity index (χ1v) is 5.04. The van der Waals surface area contributed by atoms with Gasteiger partial charge in [-0.25, -0.2) is 4.99 Å². The Bertz CT molecular complexity index is 191. The molecule has 0 aromatic heterocycles. The van der Waals surface area contributed by atoms with Crippen LogP contribution in [0.4, 0.5) is 0 Å². The molecule has 2 nitrogen and oxygen atoms in total. The van der Waals surface area contributed by atoms with Crippen LogP contribution in [0.1, 0.15) is 40.5 Å². The Kier molecular flexibility index (Phi) is 5.97. The summed E-state index contributed by atoms with van der Waals surface area (Å²) in [6, 6.07) is 0. The fourth-order valence-corrected chi connectivity index (χ4v) is 1.21. The highest BCUT2D eigenvalue weighted by atomic mass is 35.5. The second-order valence-corrected chi connectivity index (χ2v) is 4.54. The average Bonchev–Trinajstić information content (AvgIpc) is 1.98. The van der Waals surface area contributed by atoms with Crippen molar-refractivity contribution in [2.24, 2.45) is 15.4 Å². The Labute approximate surface area is 86.1 Å². The van der Waals surface area contributed by atoms with E-state index < -0.39 is 0 Å². The molecule has 76 valence electrons. The van der Waals surface area contributed by atoms with Crippen LogP contribution in [0.5, 0.6) is 0 Å². The molecule has 0 saturated carbocycles. The molecule has 0 bridgehead atoms. The summed E-state index contributed by atoms with van der Waals surface area (Å²) in [5.41, 5.74) is 0.279. The van der Waals surface area contributed by atoms with E-state index in [1.54, 1.807) is 13.3 Å². The van der Waals surface area contributed by atoms with Crippen molar-refractivity contribution in [2.45, 2.75) is 40.5 Å². The molecule has 0 amide bonds. The molecule has 0 aliphatic carbocycles. The Morgan fingerprint density at radius 3 is 2.54 bits per heavy atom. The Balaban J connectivity index is 3.86. The fraction of sp³-hybridized carbons (Fsp3) is 0.800. The lowest BCUT2D eigenvalue weighted by Crippen LogP contribution is -2.14. The van der Waals surface area contributed by atoms with Crippen molar-refractivity contribution in [2.75, 3.05) is 6.54 Å². The van der Waals surface area contributed by atoms with Crippen LogP contribution in [-0.4, -0.2) is 18.1 Å². The fourth-order valence-electron chi connectivity index (χ4n) is 1.16. The van der Waals surface area contributed by atoms with Crippen molar-refractivity contribution in [3.05, 3.63) is 0 Å². The quantitative estimate of drug-likeness (QED) is 0.482. The maximum atomic E-state index is 5.55. The van der Waals surface area contributed by atoms with E-state index in [2.05, 4.69) is 30.8 Å². The SMILES string of the molecule is CCCC(C)(C)CN=CN=C(C)Cl. The molecular weight excluding hydrogens is 184 g/mol. The van der Waals surface area contributed by atoms with E-state index in [4.69, 9.17) is 11.6 Å². The second kappa shape index (κ2) is 6.14. The number of rotatable bonds is 5. The lowest BCUT2D eigenvalue weighted by molar-refractivity contribution is 0.345. The number of nitrogens with zero attached hydrogens (tertiary/aromatic N) is 2. The summed E-state index contributed by atoms with van der Waals surface area (Å²) >= 11 is 5.55. The summed E-state index contributed by atoms with van der Waals surface area (Å²) in [5.74, 6) is 0. The third kappa shape index (κ3) is 7.97. The number of hydrogen-bond acceptors (Lipinski definition) is 1. The summed E-state index contributed by atoms with van der Waals surface area (Å²) in [4.78, 5) is 8.08. The number of aliphatic imine (C=N–C) groups is 2. The van der Waals surface area contributed by atoms with Gasteiger partial charge in [-0.2, -0.15) is 0 Å². The maximum Gasteiger partial charge on any atom is 0.111 e. The van der Waals surface area contributed by atoms with Gasteiger partial charge in [-0.05, 0) is 18.8 Å². The standard InChI is InChI=1S/C10H19ClN2/c1-5-6-10(3,4)7-12-8-13-9(2)11/h8H,5-7H2,1-4H3. The first kappa shape index (κ1) is 12.6. The molecule has 0 saturated heterocycles. The molecule has 0 radical (unpaired) electrons. The van der Waals surface area contributed by atoms with Gasteiger partial charge in [0.05, 0.1) is 0 Å². The van der Waals surface area contributed by atoms with Gasteiger partial charge in [-0.3, -0.25) is 4.99 Å². The average molecular weight is 203 g/mol. The molecule has 0 fully saturated rings. The third-order valence-electron chi connectivity index (χ3n) is 1.76.